The fourth-order valence-electron chi connectivity index (χ4n) is 5.26. The summed E-state index contributed by atoms with van der Waals surface area (Å²) in [6, 6.07) is 14.5. The molecular weight excluding hydrogens is 530 g/mol. The molecule has 1 saturated heterocycles. The minimum Gasteiger partial charge on any atom is -0.494 e. The molecule has 0 bridgehead atoms. The summed E-state index contributed by atoms with van der Waals surface area (Å²) in [5, 5.41) is 12.2. The number of nitrogens with zero attached hydrogens (tertiary/aromatic N) is 3. The molecule has 0 aliphatic carbocycles. The third kappa shape index (κ3) is 6.92. The lowest BCUT2D eigenvalue weighted by molar-refractivity contribution is -0.148. The lowest BCUT2D eigenvalue weighted by atomic mass is 10.0. The molecule has 3 heterocycles. The minimum absolute atomic E-state index is 0.136. The van der Waals surface area contributed by atoms with Crippen LogP contribution >= 0.6 is 11.3 Å². The van der Waals surface area contributed by atoms with Crippen LogP contribution in [0.2, 0.25) is 0 Å². The van der Waals surface area contributed by atoms with Gasteiger partial charge in [0.2, 0.25) is 5.91 Å². The third-order valence-electron chi connectivity index (χ3n) is 7.48. The average Bonchev–Trinajstić information content (AvgIpc) is 3.45. The van der Waals surface area contributed by atoms with E-state index in [-0.39, 0.29) is 25.5 Å². The van der Waals surface area contributed by atoms with Gasteiger partial charge in [0.1, 0.15) is 5.75 Å². The first-order chi connectivity index (χ1) is 19.5. The van der Waals surface area contributed by atoms with Crippen LogP contribution in [0.1, 0.15) is 37.7 Å². The van der Waals surface area contributed by atoms with Crippen molar-refractivity contribution in [3.63, 3.8) is 0 Å². The predicted molar refractivity (Wildman–Crippen MR) is 155 cm³/mol. The Morgan fingerprint density at radius 2 is 1.80 bits per heavy atom. The SMILES string of the molecule is O=C(O)CCC(=O)OCN1C(=O)CCc2ccc(OCCCCN3CCN(c4cccc5sccc45)CC3)cc21. The molecule has 1 fully saturated rings. The van der Waals surface area contributed by atoms with E-state index in [0.717, 1.165) is 51.1 Å². The molecule has 0 unspecified atom stereocenters. The number of aryl methyl sites for hydroxylation is 1. The number of carboxylic acid groups (broad SMARTS) is 1. The summed E-state index contributed by atoms with van der Waals surface area (Å²) in [5.74, 6) is -1.17. The molecular formula is C30H35N3O6S. The van der Waals surface area contributed by atoms with Crippen LogP contribution in [0, 0.1) is 0 Å². The van der Waals surface area contributed by atoms with Crippen LogP contribution in [0.25, 0.3) is 10.1 Å². The lowest BCUT2D eigenvalue weighted by Gasteiger charge is -2.36. The number of amides is 1. The van der Waals surface area contributed by atoms with Gasteiger partial charge in [-0.15, -0.1) is 11.3 Å². The number of ether oxygens (including phenoxy) is 2. The number of carbonyl (C=O) groups excluding carboxylic acids is 2. The number of aliphatic carboxylic acids is 1. The van der Waals surface area contributed by atoms with Gasteiger partial charge in [-0.1, -0.05) is 12.1 Å². The monoisotopic (exact) mass is 565 g/mol. The molecule has 0 saturated carbocycles. The molecule has 2 aliphatic heterocycles. The van der Waals surface area contributed by atoms with Crippen molar-refractivity contribution in [1.29, 1.82) is 0 Å². The number of anilines is 2. The van der Waals surface area contributed by atoms with Gasteiger partial charge in [0.25, 0.3) is 0 Å². The third-order valence-corrected chi connectivity index (χ3v) is 8.36. The van der Waals surface area contributed by atoms with E-state index in [1.807, 2.05) is 18.2 Å². The van der Waals surface area contributed by atoms with Crippen molar-refractivity contribution in [3.8, 4) is 5.75 Å². The van der Waals surface area contributed by atoms with Gasteiger partial charge >= 0.3 is 11.9 Å². The molecule has 0 atom stereocenters. The number of hydrogen-bond acceptors (Lipinski definition) is 8. The summed E-state index contributed by atoms with van der Waals surface area (Å²) in [5.41, 5.74) is 3.01. The highest BCUT2D eigenvalue weighted by Gasteiger charge is 2.26. The van der Waals surface area contributed by atoms with Gasteiger partial charge in [0, 0.05) is 54.4 Å². The van der Waals surface area contributed by atoms with Crippen molar-refractivity contribution in [3.05, 3.63) is 53.4 Å². The molecule has 10 heteroatoms. The normalized spacial score (nSPS) is 15.8. The summed E-state index contributed by atoms with van der Waals surface area (Å²) < 4.78 is 12.5. The Morgan fingerprint density at radius 3 is 2.62 bits per heavy atom. The van der Waals surface area contributed by atoms with Crippen LogP contribution in [-0.2, 0) is 25.5 Å². The van der Waals surface area contributed by atoms with E-state index in [1.165, 1.54) is 20.7 Å². The van der Waals surface area contributed by atoms with E-state index in [4.69, 9.17) is 14.6 Å². The van der Waals surface area contributed by atoms with Crippen molar-refractivity contribution in [1.82, 2.24) is 4.90 Å². The second kappa shape index (κ2) is 13.1. The van der Waals surface area contributed by atoms with Gasteiger partial charge in [0.15, 0.2) is 6.73 Å². The molecule has 1 amide bonds. The van der Waals surface area contributed by atoms with Crippen molar-refractivity contribution < 1.29 is 29.0 Å². The van der Waals surface area contributed by atoms with Crippen LogP contribution in [0.4, 0.5) is 11.4 Å². The van der Waals surface area contributed by atoms with Gasteiger partial charge in [-0.05, 0) is 61.0 Å². The molecule has 40 heavy (non-hydrogen) atoms. The number of carboxylic acids is 1. The summed E-state index contributed by atoms with van der Waals surface area (Å²) in [6.45, 7) is 5.56. The molecule has 212 valence electrons. The van der Waals surface area contributed by atoms with E-state index >= 15 is 0 Å². The van der Waals surface area contributed by atoms with Gasteiger partial charge in [-0.3, -0.25) is 24.2 Å². The van der Waals surface area contributed by atoms with Gasteiger partial charge in [-0.2, -0.15) is 0 Å². The number of fused-ring (bicyclic) bond motifs is 2. The van der Waals surface area contributed by atoms with E-state index < -0.39 is 11.9 Å². The van der Waals surface area contributed by atoms with Gasteiger partial charge in [0.05, 0.1) is 25.1 Å². The number of piperazine rings is 1. The number of thiophene rings is 1. The Hall–Kier alpha value is -3.63. The standard InChI is InChI=1S/C30H35N3O6S/c34-28-9-7-22-6-8-23(20-26(22)33(28)21-39-30(37)11-10-29(35)36)38-18-2-1-13-31-14-16-32(17-15-31)25-4-3-5-27-24(25)12-19-40-27/h3-6,8,12,19-20H,1-2,7,9-11,13-18,21H2,(H,35,36). The molecule has 5 rings (SSSR count). The molecule has 0 radical (unpaired) electrons. The van der Waals surface area contributed by atoms with Crippen LogP contribution in [-0.4, -0.2) is 73.9 Å². The second-order valence-electron chi connectivity index (χ2n) is 10.1. The Balaban J connectivity index is 1.05. The molecule has 0 spiro atoms. The molecule has 9 nitrogen and oxygen atoms in total. The molecule has 3 aromatic rings. The number of benzene rings is 2. The number of unbranched alkanes of at least 4 members (excludes halogenated alkanes) is 1. The minimum atomic E-state index is -1.07. The predicted octanol–water partition coefficient (Wildman–Crippen LogP) is 4.53. The second-order valence-corrected chi connectivity index (χ2v) is 11.1. The fraction of sp³-hybridized carbons (Fsp3) is 0.433. The zero-order chi connectivity index (χ0) is 27.9. The highest BCUT2D eigenvalue weighted by molar-refractivity contribution is 7.17. The van der Waals surface area contributed by atoms with Crippen molar-refractivity contribution >= 4 is 50.6 Å². The van der Waals surface area contributed by atoms with E-state index in [0.29, 0.717) is 30.9 Å². The Labute approximate surface area is 237 Å². The number of carbonyl (C=O) groups is 3. The Morgan fingerprint density at radius 1 is 0.950 bits per heavy atom. The summed E-state index contributed by atoms with van der Waals surface area (Å²) in [6.07, 6.45) is 2.39. The van der Waals surface area contributed by atoms with Gasteiger partial charge < -0.3 is 19.5 Å². The highest BCUT2D eigenvalue weighted by Crippen LogP contribution is 2.32. The quantitative estimate of drug-likeness (QED) is 0.253. The van der Waals surface area contributed by atoms with E-state index in [9.17, 15) is 14.4 Å². The van der Waals surface area contributed by atoms with Crippen molar-refractivity contribution in [2.75, 3.05) is 55.9 Å². The number of esters is 1. The number of rotatable bonds is 12. The maximum Gasteiger partial charge on any atom is 0.308 e. The summed E-state index contributed by atoms with van der Waals surface area (Å²) in [4.78, 5) is 41.5. The largest absolute Gasteiger partial charge is 0.494 e. The van der Waals surface area contributed by atoms with Crippen LogP contribution in [0.3, 0.4) is 0 Å². The molecule has 2 aliphatic rings. The number of hydrogen-bond donors (Lipinski definition) is 1. The van der Waals surface area contributed by atoms with Crippen LogP contribution in [0.15, 0.2) is 47.8 Å². The lowest BCUT2D eigenvalue weighted by Crippen LogP contribution is -2.46. The Bertz CT molecular complexity index is 1350. The van der Waals surface area contributed by atoms with E-state index in [2.05, 4.69) is 39.4 Å². The molecule has 1 aromatic heterocycles. The zero-order valence-corrected chi connectivity index (χ0v) is 23.4. The molecule has 2 aromatic carbocycles. The van der Waals surface area contributed by atoms with Crippen LogP contribution in [0.5, 0.6) is 5.75 Å². The summed E-state index contributed by atoms with van der Waals surface area (Å²) in [7, 11) is 0. The van der Waals surface area contributed by atoms with Crippen LogP contribution < -0.4 is 14.5 Å². The first kappa shape index (κ1) is 27.9. The molecule has 1 N–H and O–H groups in total. The fourth-order valence-corrected chi connectivity index (χ4v) is 6.07. The highest BCUT2D eigenvalue weighted by atomic mass is 32.1. The van der Waals surface area contributed by atoms with Crippen molar-refractivity contribution in [2.45, 2.75) is 38.5 Å². The first-order valence-corrected chi connectivity index (χ1v) is 14.7. The Kier molecular flexibility index (Phi) is 9.18. The topological polar surface area (TPSA) is 99.6 Å². The average molecular weight is 566 g/mol. The van der Waals surface area contributed by atoms with E-state index in [1.54, 1.807) is 11.3 Å². The zero-order valence-electron chi connectivity index (χ0n) is 22.5. The first-order valence-electron chi connectivity index (χ1n) is 13.8. The van der Waals surface area contributed by atoms with Gasteiger partial charge in [-0.25, -0.2) is 0 Å². The van der Waals surface area contributed by atoms with Crippen molar-refractivity contribution in [2.24, 2.45) is 0 Å². The maximum absolute atomic E-state index is 12.5. The summed E-state index contributed by atoms with van der Waals surface area (Å²) >= 11 is 1.79. The smallest absolute Gasteiger partial charge is 0.308 e. The maximum atomic E-state index is 12.5.